The van der Waals surface area contributed by atoms with Crippen LogP contribution in [0.5, 0.6) is 0 Å². The summed E-state index contributed by atoms with van der Waals surface area (Å²) in [4.78, 5) is 17.0. The lowest BCUT2D eigenvalue weighted by atomic mass is 9.92. The monoisotopic (exact) mass is 336 g/mol. The molecule has 1 aromatic rings. The van der Waals surface area contributed by atoms with E-state index in [0.29, 0.717) is 22.9 Å². The molecule has 0 saturated carbocycles. The maximum absolute atomic E-state index is 13.2. The lowest BCUT2D eigenvalue weighted by molar-refractivity contribution is -0.139. The molecule has 0 amide bonds. The van der Waals surface area contributed by atoms with Crippen molar-refractivity contribution in [3.05, 3.63) is 46.9 Å². The van der Waals surface area contributed by atoms with Gasteiger partial charge >= 0.3 is 5.97 Å². The van der Waals surface area contributed by atoms with Crippen LogP contribution in [0.25, 0.3) is 0 Å². The van der Waals surface area contributed by atoms with Crippen LogP contribution >= 0.6 is 12.6 Å². The highest BCUT2D eigenvalue weighted by Crippen LogP contribution is 2.32. The van der Waals surface area contributed by atoms with Crippen LogP contribution in [-0.2, 0) is 9.53 Å². The largest absolute Gasteiger partial charge is 0.463 e. The Hall–Kier alpha value is -1.82. The van der Waals surface area contributed by atoms with Crippen molar-refractivity contribution in [1.82, 2.24) is 5.32 Å². The first kappa shape index (κ1) is 17.5. The lowest BCUT2D eigenvalue weighted by Gasteiger charge is -2.29. The Kier molecular flexibility index (Phi) is 5.82. The maximum atomic E-state index is 13.2. The molecule has 1 N–H and O–H groups in total. The van der Waals surface area contributed by atoms with Crippen LogP contribution in [0.15, 0.2) is 40.5 Å². The summed E-state index contributed by atoms with van der Waals surface area (Å²) in [6, 6.07) is 5.64. The number of carbonyl (C=O) groups excluding carboxylic acids is 1. The summed E-state index contributed by atoms with van der Waals surface area (Å²) in [5.74, 6) is 0.427. The molecule has 0 fully saturated rings. The van der Waals surface area contributed by atoms with Crippen LogP contribution < -0.4 is 5.32 Å². The van der Waals surface area contributed by atoms with Crippen molar-refractivity contribution in [3.63, 3.8) is 0 Å². The van der Waals surface area contributed by atoms with E-state index < -0.39 is 12.0 Å². The molecule has 1 aliphatic rings. The van der Waals surface area contributed by atoms with Gasteiger partial charge in [-0.2, -0.15) is 12.6 Å². The molecule has 1 aliphatic heterocycles. The Morgan fingerprint density at radius 2 is 2.04 bits per heavy atom. The molecule has 2 rings (SSSR count). The van der Waals surface area contributed by atoms with E-state index in [-0.39, 0.29) is 18.3 Å². The molecule has 23 heavy (non-hydrogen) atoms. The van der Waals surface area contributed by atoms with Crippen LogP contribution in [-0.4, -0.2) is 24.2 Å². The number of thiol groups is 1. The van der Waals surface area contributed by atoms with Crippen LogP contribution in [0.3, 0.4) is 0 Å². The third kappa shape index (κ3) is 3.93. The van der Waals surface area contributed by atoms with Gasteiger partial charge in [0, 0.05) is 5.75 Å². The average Bonchev–Trinajstić information content (AvgIpc) is 2.54. The quantitative estimate of drug-likeness (QED) is 0.641. The van der Waals surface area contributed by atoms with E-state index >= 15 is 0 Å². The Bertz CT molecular complexity index is 638. The number of halogens is 1. The van der Waals surface area contributed by atoms with Crippen LogP contribution in [0.2, 0.25) is 0 Å². The van der Waals surface area contributed by atoms with Crippen LogP contribution in [0.4, 0.5) is 4.39 Å². The second kappa shape index (κ2) is 7.64. The Morgan fingerprint density at radius 1 is 1.39 bits per heavy atom. The van der Waals surface area contributed by atoms with E-state index in [4.69, 9.17) is 4.74 Å². The Morgan fingerprint density at radius 3 is 2.57 bits per heavy atom. The Labute approximate surface area is 141 Å². The van der Waals surface area contributed by atoms with Gasteiger partial charge in [0.05, 0.1) is 23.9 Å². The van der Waals surface area contributed by atoms with Crippen LogP contribution in [0.1, 0.15) is 32.4 Å². The van der Waals surface area contributed by atoms with Crippen molar-refractivity contribution < 1.29 is 13.9 Å². The lowest BCUT2D eigenvalue weighted by Crippen LogP contribution is -2.38. The molecule has 0 aromatic heterocycles. The molecule has 0 aliphatic carbocycles. The summed E-state index contributed by atoms with van der Waals surface area (Å²) in [5.41, 5.74) is 1.93. The second-order valence-electron chi connectivity index (χ2n) is 5.52. The first-order valence-corrected chi connectivity index (χ1v) is 8.22. The van der Waals surface area contributed by atoms with E-state index in [2.05, 4.69) is 22.9 Å². The highest BCUT2D eigenvalue weighted by molar-refractivity contribution is 7.81. The number of nitrogens with zero attached hydrogens (tertiary/aromatic N) is 1. The Balaban J connectivity index is 2.55. The van der Waals surface area contributed by atoms with Crippen molar-refractivity contribution in [2.24, 2.45) is 10.9 Å². The molecular weight excluding hydrogens is 315 g/mol. The van der Waals surface area contributed by atoms with Gasteiger partial charge in [-0.1, -0.05) is 26.0 Å². The predicted octanol–water partition coefficient (Wildman–Crippen LogP) is 3.27. The summed E-state index contributed by atoms with van der Waals surface area (Å²) >= 11 is 4.27. The number of carbonyl (C=O) groups is 1. The second-order valence-corrected chi connectivity index (χ2v) is 5.84. The molecule has 0 radical (unpaired) electrons. The minimum absolute atomic E-state index is 0.0503. The van der Waals surface area contributed by atoms with Gasteiger partial charge in [-0.25, -0.2) is 14.2 Å². The van der Waals surface area contributed by atoms with Crippen LogP contribution in [0, 0.1) is 11.7 Å². The zero-order chi connectivity index (χ0) is 17.0. The predicted molar refractivity (Wildman–Crippen MR) is 92.1 cm³/mol. The fourth-order valence-electron chi connectivity index (χ4n) is 2.48. The molecule has 1 heterocycles. The SMILES string of the molecule is CCOC(=O)C1=C(C(C)C)N=C(CS)NC1c1ccc(F)cc1. The summed E-state index contributed by atoms with van der Waals surface area (Å²) < 4.78 is 18.4. The third-order valence-electron chi connectivity index (χ3n) is 3.53. The number of amidine groups is 1. The van der Waals surface area contributed by atoms with Gasteiger partial charge in [-0.3, -0.25) is 0 Å². The number of rotatable bonds is 5. The zero-order valence-electron chi connectivity index (χ0n) is 13.5. The molecular formula is C17H21FN2O2S. The smallest absolute Gasteiger partial charge is 0.338 e. The summed E-state index contributed by atoms with van der Waals surface area (Å²) in [7, 11) is 0. The van der Waals surface area contributed by atoms with Crippen molar-refractivity contribution >= 4 is 24.4 Å². The molecule has 1 unspecified atom stereocenters. The molecule has 124 valence electrons. The number of esters is 1. The maximum Gasteiger partial charge on any atom is 0.338 e. The molecule has 0 spiro atoms. The van der Waals surface area contributed by atoms with Crippen molar-refractivity contribution in [3.8, 4) is 0 Å². The van der Waals surface area contributed by atoms with E-state index in [1.807, 2.05) is 13.8 Å². The normalized spacial score (nSPS) is 17.8. The highest BCUT2D eigenvalue weighted by Gasteiger charge is 2.32. The standard InChI is InChI=1S/C17H21FN2O2S/c1-4-22-17(21)14-15(10(2)3)19-13(9-23)20-16(14)11-5-7-12(18)8-6-11/h5-8,10,16,23H,4,9H2,1-3H3,(H,19,20). The van der Waals surface area contributed by atoms with Crippen molar-refractivity contribution in [2.75, 3.05) is 12.4 Å². The van der Waals surface area contributed by atoms with E-state index in [9.17, 15) is 9.18 Å². The number of allylic oxidation sites excluding steroid dienone is 1. The first-order chi connectivity index (χ1) is 11.0. The average molecular weight is 336 g/mol. The molecule has 4 nitrogen and oxygen atoms in total. The third-order valence-corrected chi connectivity index (χ3v) is 3.83. The summed E-state index contributed by atoms with van der Waals surface area (Å²) in [6.07, 6.45) is 0. The molecule has 0 bridgehead atoms. The molecule has 6 heteroatoms. The summed E-state index contributed by atoms with van der Waals surface area (Å²) in [5, 5.41) is 3.21. The minimum atomic E-state index is -0.424. The fraction of sp³-hybridized carbons (Fsp3) is 0.412. The van der Waals surface area contributed by atoms with Crippen molar-refractivity contribution in [2.45, 2.75) is 26.8 Å². The van der Waals surface area contributed by atoms with Gasteiger partial charge in [-0.05, 0) is 30.5 Å². The van der Waals surface area contributed by atoms with Crippen molar-refractivity contribution in [1.29, 1.82) is 0 Å². The fourth-order valence-corrected chi connectivity index (χ4v) is 2.64. The zero-order valence-corrected chi connectivity index (χ0v) is 14.4. The van der Waals surface area contributed by atoms with Gasteiger partial charge < -0.3 is 10.1 Å². The van der Waals surface area contributed by atoms with Gasteiger partial charge in [0.25, 0.3) is 0 Å². The van der Waals surface area contributed by atoms with Gasteiger partial charge in [0.15, 0.2) is 0 Å². The summed E-state index contributed by atoms with van der Waals surface area (Å²) in [6.45, 7) is 5.99. The number of hydrogen-bond donors (Lipinski definition) is 2. The molecule has 0 saturated heterocycles. The molecule has 1 atom stereocenters. The van der Waals surface area contributed by atoms with E-state index in [1.54, 1.807) is 19.1 Å². The van der Waals surface area contributed by atoms with E-state index in [0.717, 1.165) is 5.56 Å². The highest BCUT2D eigenvalue weighted by atomic mass is 32.1. The topological polar surface area (TPSA) is 50.7 Å². The van der Waals surface area contributed by atoms with Gasteiger partial charge in [-0.15, -0.1) is 0 Å². The van der Waals surface area contributed by atoms with Gasteiger partial charge in [0.1, 0.15) is 11.7 Å². The number of aliphatic imine (C=N–C) groups is 1. The number of hydrogen-bond acceptors (Lipinski definition) is 5. The number of ether oxygens (including phenoxy) is 1. The molecule has 1 aromatic carbocycles. The number of nitrogens with one attached hydrogen (secondary N) is 1. The van der Waals surface area contributed by atoms with Gasteiger partial charge in [0.2, 0.25) is 0 Å². The number of benzene rings is 1. The minimum Gasteiger partial charge on any atom is -0.463 e. The first-order valence-electron chi connectivity index (χ1n) is 7.59. The van der Waals surface area contributed by atoms with E-state index in [1.165, 1.54) is 12.1 Å².